The van der Waals surface area contributed by atoms with Crippen molar-refractivity contribution in [2.24, 2.45) is 0 Å². The number of hydrogen-bond donors (Lipinski definition) is 0. The fraction of sp³-hybridized carbons (Fsp3) is 0. The summed E-state index contributed by atoms with van der Waals surface area (Å²) < 4.78 is 2.12. The zero-order valence-electron chi connectivity index (χ0n) is 28.5. The van der Waals surface area contributed by atoms with Crippen LogP contribution in [0.5, 0.6) is 0 Å². The van der Waals surface area contributed by atoms with Gasteiger partial charge in [-0.05, 0) is 46.5 Å². The van der Waals surface area contributed by atoms with Gasteiger partial charge in [0.2, 0.25) is 0 Å². The van der Waals surface area contributed by atoms with Crippen LogP contribution < -0.4 is 0 Å². The van der Waals surface area contributed by atoms with Crippen LogP contribution in [0.3, 0.4) is 0 Å². The van der Waals surface area contributed by atoms with Gasteiger partial charge in [-0.3, -0.25) is 4.40 Å². The first-order valence-electron chi connectivity index (χ1n) is 17.6. The predicted octanol–water partition coefficient (Wildman–Crippen LogP) is 11.2. The molecular weight excluding hydrogens is 649 g/mol. The zero-order valence-corrected chi connectivity index (χ0v) is 28.5. The first-order valence-corrected chi connectivity index (χ1v) is 17.6. The van der Waals surface area contributed by atoms with Gasteiger partial charge in [-0.1, -0.05) is 152 Å². The molecule has 0 spiro atoms. The van der Waals surface area contributed by atoms with Crippen molar-refractivity contribution in [3.8, 4) is 67.7 Å². The highest BCUT2D eigenvalue weighted by Gasteiger charge is 2.18. The highest BCUT2D eigenvalue weighted by atomic mass is 15.0. The molecule has 0 N–H and O–H groups in total. The van der Waals surface area contributed by atoms with Crippen molar-refractivity contribution in [2.45, 2.75) is 0 Å². The molecule has 0 aliphatic carbocycles. The van der Waals surface area contributed by atoms with Gasteiger partial charge in [0.05, 0.1) is 16.7 Å². The van der Waals surface area contributed by atoms with Crippen LogP contribution in [0.4, 0.5) is 0 Å². The minimum atomic E-state index is 0.585. The van der Waals surface area contributed by atoms with Gasteiger partial charge in [0, 0.05) is 33.8 Å². The minimum Gasteiger partial charge on any atom is -0.298 e. The van der Waals surface area contributed by atoms with Gasteiger partial charge in [0.25, 0.3) is 0 Å². The molecule has 0 fully saturated rings. The SMILES string of the molecule is c1ccc(-c2ccc(-c3nc(-c4ccc(-c5ccccc5)cc4)nc(-c4cccc(-c5nc6ccccc6c6nc7ccccn7c56)c4)n3)cc2)cc1. The maximum absolute atomic E-state index is 5.21. The number of para-hydroxylation sites is 1. The van der Waals surface area contributed by atoms with Crippen LogP contribution in [-0.4, -0.2) is 29.3 Å². The molecule has 0 atom stereocenters. The molecule has 4 aromatic heterocycles. The molecular formula is C47H30N6. The molecule has 0 saturated carbocycles. The molecule has 0 unspecified atom stereocenters. The smallest absolute Gasteiger partial charge is 0.164 e. The Morgan fingerprint density at radius 3 is 1.47 bits per heavy atom. The lowest BCUT2D eigenvalue weighted by atomic mass is 10.0. The Bertz CT molecular complexity index is 2820. The van der Waals surface area contributed by atoms with Crippen LogP contribution in [0.15, 0.2) is 182 Å². The third-order valence-corrected chi connectivity index (χ3v) is 9.68. The van der Waals surface area contributed by atoms with Gasteiger partial charge in [0.15, 0.2) is 17.5 Å². The van der Waals surface area contributed by atoms with E-state index in [0.29, 0.717) is 17.5 Å². The van der Waals surface area contributed by atoms with E-state index in [1.807, 2.05) is 60.8 Å². The number of imidazole rings is 1. The Hall–Kier alpha value is -7.31. The van der Waals surface area contributed by atoms with Crippen molar-refractivity contribution in [1.29, 1.82) is 0 Å². The van der Waals surface area contributed by atoms with Gasteiger partial charge >= 0.3 is 0 Å². The van der Waals surface area contributed by atoms with E-state index in [1.165, 1.54) is 0 Å². The summed E-state index contributed by atoms with van der Waals surface area (Å²) in [6, 6.07) is 60.1. The van der Waals surface area contributed by atoms with Crippen molar-refractivity contribution < 1.29 is 0 Å². The second kappa shape index (κ2) is 12.8. The molecule has 0 aliphatic heterocycles. The van der Waals surface area contributed by atoms with E-state index < -0.39 is 0 Å². The summed E-state index contributed by atoms with van der Waals surface area (Å²) in [5.41, 5.74) is 12.7. The first kappa shape index (κ1) is 30.5. The Balaban J connectivity index is 1.12. The summed E-state index contributed by atoms with van der Waals surface area (Å²) in [4.78, 5) is 25.5. The molecule has 10 rings (SSSR count). The van der Waals surface area contributed by atoms with E-state index in [2.05, 4.69) is 126 Å². The van der Waals surface area contributed by atoms with Crippen LogP contribution in [0.25, 0.3) is 95.3 Å². The van der Waals surface area contributed by atoms with Crippen molar-refractivity contribution >= 4 is 27.6 Å². The predicted molar refractivity (Wildman–Crippen MR) is 214 cm³/mol. The third kappa shape index (κ3) is 5.59. The van der Waals surface area contributed by atoms with Crippen LogP contribution >= 0.6 is 0 Å². The summed E-state index contributed by atoms with van der Waals surface area (Å²) >= 11 is 0. The van der Waals surface area contributed by atoms with Crippen LogP contribution in [-0.2, 0) is 0 Å². The topological polar surface area (TPSA) is 68.9 Å². The van der Waals surface area contributed by atoms with Crippen molar-refractivity contribution in [3.05, 3.63) is 182 Å². The first-order chi connectivity index (χ1) is 26.2. The quantitative estimate of drug-likeness (QED) is 0.175. The standard InChI is InChI=1S/C47H30N6/c1-3-12-31(13-4-1)33-21-25-35(26-22-33)45-50-46(36-27-23-34(24-28-36)32-14-5-2-6-15-32)52-47(51-45)38-17-11-16-37(30-38)42-44-43(39-18-7-8-19-40(39)48-42)49-41-20-9-10-29-53(41)44/h1-30H. The monoisotopic (exact) mass is 678 g/mol. The highest BCUT2D eigenvalue weighted by molar-refractivity contribution is 6.09. The second-order valence-electron chi connectivity index (χ2n) is 13.0. The van der Waals surface area contributed by atoms with Gasteiger partial charge in [-0.25, -0.2) is 24.9 Å². The number of benzene rings is 6. The van der Waals surface area contributed by atoms with E-state index in [1.54, 1.807) is 0 Å². The van der Waals surface area contributed by atoms with Crippen molar-refractivity contribution in [2.75, 3.05) is 0 Å². The van der Waals surface area contributed by atoms with Crippen molar-refractivity contribution in [3.63, 3.8) is 0 Å². The van der Waals surface area contributed by atoms with E-state index >= 15 is 0 Å². The zero-order chi connectivity index (χ0) is 35.1. The molecule has 0 radical (unpaired) electrons. The van der Waals surface area contributed by atoms with Gasteiger partial charge in [-0.2, -0.15) is 0 Å². The van der Waals surface area contributed by atoms with E-state index in [9.17, 15) is 0 Å². The second-order valence-corrected chi connectivity index (χ2v) is 13.0. The Morgan fingerprint density at radius 1 is 0.340 bits per heavy atom. The number of pyridine rings is 2. The molecule has 53 heavy (non-hydrogen) atoms. The molecule has 0 amide bonds. The lowest BCUT2D eigenvalue weighted by Gasteiger charge is -2.11. The maximum atomic E-state index is 5.21. The molecule has 248 valence electrons. The van der Waals surface area contributed by atoms with Gasteiger partial charge in [-0.15, -0.1) is 0 Å². The highest BCUT2D eigenvalue weighted by Crippen LogP contribution is 2.35. The molecule has 4 heterocycles. The molecule has 0 bridgehead atoms. The Morgan fingerprint density at radius 2 is 0.830 bits per heavy atom. The summed E-state index contributed by atoms with van der Waals surface area (Å²) in [6.07, 6.45) is 2.05. The maximum Gasteiger partial charge on any atom is 0.164 e. The van der Waals surface area contributed by atoms with Gasteiger partial charge < -0.3 is 0 Å². The largest absolute Gasteiger partial charge is 0.298 e. The minimum absolute atomic E-state index is 0.585. The number of aromatic nitrogens is 6. The number of rotatable bonds is 6. The normalized spacial score (nSPS) is 11.4. The van der Waals surface area contributed by atoms with E-state index in [-0.39, 0.29) is 0 Å². The average Bonchev–Trinajstić information content (AvgIpc) is 3.64. The lowest BCUT2D eigenvalue weighted by Crippen LogP contribution is -2.00. The molecule has 6 heteroatoms. The van der Waals surface area contributed by atoms with Crippen LogP contribution in [0.2, 0.25) is 0 Å². The summed E-state index contributed by atoms with van der Waals surface area (Å²) in [5, 5.41) is 1.02. The summed E-state index contributed by atoms with van der Waals surface area (Å²) in [6.45, 7) is 0. The fourth-order valence-corrected chi connectivity index (χ4v) is 7.01. The lowest BCUT2D eigenvalue weighted by molar-refractivity contribution is 1.07. The molecule has 6 nitrogen and oxygen atoms in total. The molecule has 0 aliphatic rings. The Labute approximate surface area is 305 Å². The van der Waals surface area contributed by atoms with E-state index in [0.717, 1.165) is 77.8 Å². The fourth-order valence-electron chi connectivity index (χ4n) is 7.01. The summed E-state index contributed by atoms with van der Waals surface area (Å²) in [7, 11) is 0. The number of fused-ring (bicyclic) bond motifs is 5. The molecule has 0 saturated heterocycles. The van der Waals surface area contributed by atoms with Gasteiger partial charge in [0.1, 0.15) is 11.2 Å². The summed E-state index contributed by atoms with van der Waals surface area (Å²) in [5.74, 6) is 1.80. The molecule has 10 aromatic rings. The van der Waals surface area contributed by atoms with Crippen molar-refractivity contribution in [1.82, 2.24) is 29.3 Å². The van der Waals surface area contributed by atoms with Crippen LogP contribution in [0, 0.1) is 0 Å². The number of nitrogens with zero attached hydrogens (tertiary/aromatic N) is 6. The number of hydrogen-bond acceptors (Lipinski definition) is 5. The average molecular weight is 679 g/mol. The van der Waals surface area contributed by atoms with Crippen LogP contribution in [0.1, 0.15) is 0 Å². The molecule has 6 aromatic carbocycles. The van der Waals surface area contributed by atoms with E-state index in [4.69, 9.17) is 24.9 Å². The third-order valence-electron chi connectivity index (χ3n) is 9.68. The Kier molecular flexibility index (Phi) is 7.36.